The molecule has 0 fully saturated rings. The summed E-state index contributed by atoms with van der Waals surface area (Å²) in [5.74, 6) is -0.782. The standard InChI is InChI=1S/C18H16FN5O2S/c1-11-6-8-12(9-7-11)20-15(25)10-16-23-24-18(27-16)22-17(26)21-14-5-3-2-4-13(14)19/h2-9H,10H2,1H3,(H,20,25)(H2,21,22,24,26). The Morgan fingerprint density at radius 1 is 1.00 bits per heavy atom. The highest BCUT2D eigenvalue weighted by molar-refractivity contribution is 7.15. The molecule has 0 spiro atoms. The molecule has 0 aliphatic carbocycles. The third-order valence-corrected chi connectivity index (χ3v) is 4.30. The number of carbonyl (C=O) groups excluding carboxylic acids is 2. The second-order valence-electron chi connectivity index (χ2n) is 5.65. The van der Waals surface area contributed by atoms with E-state index in [-0.39, 0.29) is 23.1 Å². The number of nitrogens with one attached hydrogen (secondary N) is 3. The predicted octanol–water partition coefficient (Wildman–Crippen LogP) is 3.81. The Labute approximate surface area is 158 Å². The Balaban J connectivity index is 1.53. The number of halogens is 1. The number of aromatic nitrogens is 2. The Kier molecular flexibility index (Phi) is 5.72. The third-order valence-electron chi connectivity index (χ3n) is 3.46. The third kappa shape index (κ3) is 5.32. The molecule has 0 atom stereocenters. The van der Waals surface area contributed by atoms with Crippen LogP contribution in [-0.2, 0) is 11.2 Å². The molecule has 138 valence electrons. The van der Waals surface area contributed by atoms with Crippen molar-refractivity contribution in [3.05, 3.63) is 64.9 Å². The molecular formula is C18H16FN5O2S. The summed E-state index contributed by atoms with van der Waals surface area (Å²) < 4.78 is 13.5. The van der Waals surface area contributed by atoms with Gasteiger partial charge in [-0.1, -0.05) is 41.2 Å². The molecule has 2 aromatic carbocycles. The quantitative estimate of drug-likeness (QED) is 0.622. The van der Waals surface area contributed by atoms with Crippen molar-refractivity contribution in [2.45, 2.75) is 13.3 Å². The van der Waals surface area contributed by atoms with Crippen molar-refractivity contribution in [3.63, 3.8) is 0 Å². The fourth-order valence-corrected chi connectivity index (χ4v) is 2.90. The molecule has 0 saturated carbocycles. The zero-order valence-electron chi connectivity index (χ0n) is 14.3. The number of hydrogen-bond donors (Lipinski definition) is 3. The molecule has 3 amide bonds. The van der Waals surface area contributed by atoms with E-state index in [2.05, 4.69) is 26.1 Å². The number of urea groups is 1. The van der Waals surface area contributed by atoms with Crippen LogP contribution in [0.3, 0.4) is 0 Å². The highest BCUT2D eigenvalue weighted by Crippen LogP contribution is 2.18. The van der Waals surface area contributed by atoms with E-state index in [1.807, 2.05) is 31.2 Å². The molecule has 27 heavy (non-hydrogen) atoms. The van der Waals surface area contributed by atoms with E-state index in [1.165, 1.54) is 18.2 Å². The van der Waals surface area contributed by atoms with E-state index in [0.717, 1.165) is 16.9 Å². The lowest BCUT2D eigenvalue weighted by molar-refractivity contribution is -0.115. The van der Waals surface area contributed by atoms with Gasteiger partial charge in [0.25, 0.3) is 0 Å². The summed E-state index contributed by atoms with van der Waals surface area (Å²) in [4.78, 5) is 24.0. The van der Waals surface area contributed by atoms with Crippen molar-refractivity contribution < 1.29 is 14.0 Å². The fraction of sp³-hybridized carbons (Fsp3) is 0.111. The Bertz CT molecular complexity index is 958. The van der Waals surface area contributed by atoms with Gasteiger partial charge in [0, 0.05) is 5.69 Å². The van der Waals surface area contributed by atoms with Crippen LogP contribution in [0.5, 0.6) is 0 Å². The lowest BCUT2D eigenvalue weighted by Gasteiger charge is -2.05. The average molecular weight is 385 g/mol. The molecule has 0 aliphatic heterocycles. The van der Waals surface area contributed by atoms with Gasteiger partial charge in [-0.05, 0) is 31.2 Å². The van der Waals surface area contributed by atoms with Gasteiger partial charge < -0.3 is 10.6 Å². The summed E-state index contributed by atoms with van der Waals surface area (Å²) >= 11 is 1.07. The molecule has 0 saturated heterocycles. The molecule has 3 N–H and O–H groups in total. The van der Waals surface area contributed by atoms with Crippen LogP contribution in [0.15, 0.2) is 48.5 Å². The maximum atomic E-state index is 13.5. The number of aryl methyl sites for hydroxylation is 1. The van der Waals surface area contributed by atoms with Crippen LogP contribution in [0, 0.1) is 12.7 Å². The topological polar surface area (TPSA) is 96.0 Å². The summed E-state index contributed by atoms with van der Waals surface area (Å²) in [6.07, 6.45) is 0.0299. The van der Waals surface area contributed by atoms with E-state index in [4.69, 9.17) is 0 Å². The van der Waals surface area contributed by atoms with Crippen LogP contribution in [0.4, 0.5) is 25.7 Å². The van der Waals surface area contributed by atoms with Gasteiger partial charge in [0.1, 0.15) is 10.8 Å². The largest absolute Gasteiger partial charge is 0.326 e. The second-order valence-corrected chi connectivity index (χ2v) is 6.71. The molecule has 0 unspecified atom stereocenters. The molecule has 3 aromatic rings. The van der Waals surface area contributed by atoms with Gasteiger partial charge in [0.05, 0.1) is 12.1 Å². The van der Waals surface area contributed by atoms with Crippen molar-refractivity contribution in [2.24, 2.45) is 0 Å². The van der Waals surface area contributed by atoms with Crippen molar-refractivity contribution in [2.75, 3.05) is 16.0 Å². The van der Waals surface area contributed by atoms with Crippen LogP contribution in [0.25, 0.3) is 0 Å². The van der Waals surface area contributed by atoms with Crippen LogP contribution < -0.4 is 16.0 Å². The molecule has 0 radical (unpaired) electrons. The summed E-state index contributed by atoms with van der Waals surface area (Å²) in [5, 5.41) is 16.0. The van der Waals surface area contributed by atoms with Gasteiger partial charge in [0.15, 0.2) is 0 Å². The Hall–Kier alpha value is -3.33. The van der Waals surface area contributed by atoms with Crippen molar-refractivity contribution in [1.29, 1.82) is 0 Å². The molecule has 0 bridgehead atoms. The number of rotatable bonds is 5. The maximum Gasteiger partial charge on any atom is 0.325 e. The number of amides is 3. The first kappa shape index (κ1) is 18.5. The summed E-state index contributed by atoms with van der Waals surface area (Å²) in [6, 6.07) is 12.6. The second kappa shape index (κ2) is 8.37. The molecule has 0 aliphatic rings. The zero-order valence-corrected chi connectivity index (χ0v) is 15.1. The SMILES string of the molecule is Cc1ccc(NC(=O)Cc2nnc(NC(=O)Nc3ccccc3F)s2)cc1. The number of carbonyl (C=O) groups is 2. The Morgan fingerprint density at radius 2 is 1.74 bits per heavy atom. The first-order valence-electron chi connectivity index (χ1n) is 8.01. The van der Waals surface area contributed by atoms with Crippen LogP contribution in [0.1, 0.15) is 10.6 Å². The normalized spacial score (nSPS) is 10.3. The summed E-state index contributed by atoms with van der Waals surface area (Å²) in [6.45, 7) is 1.96. The lowest BCUT2D eigenvalue weighted by atomic mass is 10.2. The predicted molar refractivity (Wildman–Crippen MR) is 102 cm³/mol. The van der Waals surface area contributed by atoms with Gasteiger partial charge in [-0.3, -0.25) is 10.1 Å². The Morgan fingerprint density at radius 3 is 2.48 bits per heavy atom. The first-order chi connectivity index (χ1) is 13.0. The molecular weight excluding hydrogens is 369 g/mol. The lowest BCUT2D eigenvalue weighted by Crippen LogP contribution is -2.19. The van der Waals surface area contributed by atoms with Crippen molar-refractivity contribution in [3.8, 4) is 0 Å². The first-order valence-corrected chi connectivity index (χ1v) is 8.83. The zero-order chi connectivity index (χ0) is 19.2. The molecule has 7 nitrogen and oxygen atoms in total. The summed E-state index contributed by atoms with van der Waals surface area (Å²) in [7, 11) is 0. The number of benzene rings is 2. The number of nitrogens with zero attached hydrogens (tertiary/aromatic N) is 2. The van der Waals surface area contributed by atoms with E-state index in [0.29, 0.717) is 10.7 Å². The molecule has 9 heteroatoms. The summed E-state index contributed by atoms with van der Waals surface area (Å²) in [5.41, 5.74) is 1.84. The van der Waals surface area contributed by atoms with Gasteiger partial charge >= 0.3 is 6.03 Å². The number of hydrogen-bond acceptors (Lipinski definition) is 5. The highest BCUT2D eigenvalue weighted by atomic mass is 32.1. The number of para-hydroxylation sites is 1. The van der Waals surface area contributed by atoms with Crippen molar-refractivity contribution in [1.82, 2.24) is 10.2 Å². The number of anilines is 3. The minimum Gasteiger partial charge on any atom is -0.326 e. The van der Waals surface area contributed by atoms with Gasteiger partial charge in [-0.25, -0.2) is 9.18 Å². The van der Waals surface area contributed by atoms with Gasteiger partial charge in [0.2, 0.25) is 11.0 Å². The fourth-order valence-electron chi connectivity index (χ4n) is 2.17. The van der Waals surface area contributed by atoms with Gasteiger partial charge in [-0.2, -0.15) is 0 Å². The minimum atomic E-state index is -0.646. The smallest absolute Gasteiger partial charge is 0.325 e. The average Bonchev–Trinajstić information content (AvgIpc) is 3.05. The van der Waals surface area contributed by atoms with Crippen LogP contribution in [-0.4, -0.2) is 22.1 Å². The maximum absolute atomic E-state index is 13.5. The molecule has 1 heterocycles. The monoisotopic (exact) mass is 385 g/mol. The van der Waals surface area contributed by atoms with Crippen LogP contribution >= 0.6 is 11.3 Å². The molecule has 3 rings (SSSR count). The van der Waals surface area contributed by atoms with Gasteiger partial charge in [-0.15, -0.1) is 10.2 Å². The van der Waals surface area contributed by atoms with E-state index in [9.17, 15) is 14.0 Å². The highest BCUT2D eigenvalue weighted by Gasteiger charge is 2.12. The van der Waals surface area contributed by atoms with E-state index >= 15 is 0 Å². The van der Waals surface area contributed by atoms with Crippen molar-refractivity contribution >= 4 is 39.8 Å². The molecule has 1 aromatic heterocycles. The van der Waals surface area contributed by atoms with Crippen LogP contribution in [0.2, 0.25) is 0 Å². The van der Waals surface area contributed by atoms with E-state index in [1.54, 1.807) is 6.07 Å². The minimum absolute atomic E-state index is 0.0299. The van der Waals surface area contributed by atoms with E-state index < -0.39 is 11.8 Å².